The molecule has 0 N–H and O–H groups in total. The molecule has 0 aromatic heterocycles. The molecule has 68 valence electrons. The highest BCUT2D eigenvalue weighted by Gasteiger charge is 2.44. The minimum atomic E-state index is -0.682. The van der Waals surface area contributed by atoms with Gasteiger partial charge in [-0.05, 0) is 19.3 Å². The van der Waals surface area contributed by atoms with Crippen molar-refractivity contribution in [1.29, 1.82) is 0 Å². The van der Waals surface area contributed by atoms with E-state index in [2.05, 4.69) is 0 Å². The Balaban J connectivity index is 2.96. The molecule has 0 atom stereocenters. The van der Waals surface area contributed by atoms with Crippen molar-refractivity contribution < 1.29 is 9.59 Å². The number of rotatable bonds is 1. The first kappa shape index (κ1) is 9.43. The van der Waals surface area contributed by atoms with E-state index in [1.54, 1.807) is 6.92 Å². The molecule has 0 saturated heterocycles. The Kier molecular flexibility index (Phi) is 2.36. The van der Waals surface area contributed by atoms with Crippen LogP contribution >= 0.6 is 0 Å². The molecular formula is C10H16O2. The van der Waals surface area contributed by atoms with E-state index in [1.165, 1.54) is 0 Å². The second-order valence-electron chi connectivity index (χ2n) is 4.06. The SMILES string of the molecule is CC(C)C1(C)C(=O)CCCC1=O. The second-order valence-corrected chi connectivity index (χ2v) is 4.06. The van der Waals surface area contributed by atoms with Crippen molar-refractivity contribution in [3.63, 3.8) is 0 Å². The smallest absolute Gasteiger partial charge is 0.146 e. The van der Waals surface area contributed by atoms with Gasteiger partial charge in [-0.25, -0.2) is 0 Å². The van der Waals surface area contributed by atoms with Gasteiger partial charge in [0.1, 0.15) is 11.6 Å². The summed E-state index contributed by atoms with van der Waals surface area (Å²) in [7, 11) is 0. The first-order chi connectivity index (χ1) is 5.49. The molecule has 2 heteroatoms. The summed E-state index contributed by atoms with van der Waals surface area (Å²) in [5.41, 5.74) is -0.682. The van der Waals surface area contributed by atoms with Gasteiger partial charge >= 0.3 is 0 Å². The Bertz CT molecular complexity index is 200. The van der Waals surface area contributed by atoms with Gasteiger partial charge in [0.05, 0.1) is 5.41 Å². The fourth-order valence-corrected chi connectivity index (χ4v) is 1.73. The largest absolute Gasteiger partial charge is 0.299 e. The molecule has 0 spiro atoms. The van der Waals surface area contributed by atoms with Crippen LogP contribution in [0.5, 0.6) is 0 Å². The van der Waals surface area contributed by atoms with E-state index in [9.17, 15) is 9.59 Å². The highest BCUT2D eigenvalue weighted by atomic mass is 16.2. The summed E-state index contributed by atoms with van der Waals surface area (Å²) in [4.78, 5) is 23.1. The van der Waals surface area contributed by atoms with Gasteiger partial charge in [-0.2, -0.15) is 0 Å². The Morgan fingerprint density at radius 3 is 1.83 bits per heavy atom. The lowest BCUT2D eigenvalue weighted by Crippen LogP contribution is -2.43. The zero-order chi connectivity index (χ0) is 9.35. The summed E-state index contributed by atoms with van der Waals surface area (Å²) in [5.74, 6) is 0.403. The van der Waals surface area contributed by atoms with E-state index < -0.39 is 5.41 Å². The summed E-state index contributed by atoms with van der Waals surface area (Å²) in [5, 5.41) is 0. The molecule has 0 bridgehead atoms. The van der Waals surface area contributed by atoms with Crippen LogP contribution in [0.2, 0.25) is 0 Å². The number of carbonyl (C=O) groups is 2. The lowest BCUT2D eigenvalue weighted by molar-refractivity contribution is -0.145. The van der Waals surface area contributed by atoms with Crippen molar-refractivity contribution >= 4 is 11.6 Å². The van der Waals surface area contributed by atoms with Gasteiger partial charge in [-0.15, -0.1) is 0 Å². The van der Waals surface area contributed by atoms with Crippen LogP contribution < -0.4 is 0 Å². The molecular weight excluding hydrogens is 152 g/mol. The Hall–Kier alpha value is -0.660. The van der Waals surface area contributed by atoms with Gasteiger partial charge in [0.2, 0.25) is 0 Å². The van der Waals surface area contributed by atoms with Crippen LogP contribution in [-0.4, -0.2) is 11.6 Å². The van der Waals surface area contributed by atoms with Crippen LogP contribution in [-0.2, 0) is 9.59 Å². The normalized spacial score (nSPS) is 23.3. The Morgan fingerprint density at radius 2 is 1.58 bits per heavy atom. The van der Waals surface area contributed by atoms with E-state index in [1.807, 2.05) is 13.8 Å². The van der Waals surface area contributed by atoms with Gasteiger partial charge in [0.25, 0.3) is 0 Å². The third-order valence-electron chi connectivity index (χ3n) is 3.12. The lowest BCUT2D eigenvalue weighted by atomic mass is 9.67. The van der Waals surface area contributed by atoms with E-state index in [0.717, 1.165) is 6.42 Å². The average Bonchev–Trinajstić information content (AvgIpc) is 1.99. The number of hydrogen-bond donors (Lipinski definition) is 0. The lowest BCUT2D eigenvalue weighted by Gasteiger charge is -2.33. The Labute approximate surface area is 73.3 Å². The van der Waals surface area contributed by atoms with E-state index in [4.69, 9.17) is 0 Å². The molecule has 0 amide bonds. The van der Waals surface area contributed by atoms with Crippen LogP contribution in [0.25, 0.3) is 0 Å². The fraction of sp³-hybridized carbons (Fsp3) is 0.800. The predicted molar refractivity (Wildman–Crippen MR) is 46.8 cm³/mol. The zero-order valence-corrected chi connectivity index (χ0v) is 8.02. The maximum atomic E-state index is 11.5. The summed E-state index contributed by atoms with van der Waals surface area (Å²) in [6.07, 6.45) is 1.92. The van der Waals surface area contributed by atoms with Crippen LogP contribution in [0, 0.1) is 11.3 Å². The Morgan fingerprint density at radius 1 is 1.17 bits per heavy atom. The van der Waals surface area contributed by atoms with Crippen LogP contribution in [0.4, 0.5) is 0 Å². The van der Waals surface area contributed by atoms with Gasteiger partial charge in [0, 0.05) is 12.8 Å². The van der Waals surface area contributed by atoms with Gasteiger partial charge in [0.15, 0.2) is 0 Å². The van der Waals surface area contributed by atoms with E-state index in [-0.39, 0.29) is 17.5 Å². The molecule has 0 aromatic rings. The highest BCUT2D eigenvalue weighted by Crippen LogP contribution is 2.36. The first-order valence-corrected chi connectivity index (χ1v) is 4.56. The number of ketones is 2. The van der Waals surface area contributed by atoms with Crippen molar-refractivity contribution in [1.82, 2.24) is 0 Å². The summed E-state index contributed by atoms with van der Waals surface area (Å²) in [6, 6.07) is 0. The molecule has 0 unspecified atom stereocenters. The monoisotopic (exact) mass is 168 g/mol. The average molecular weight is 168 g/mol. The minimum Gasteiger partial charge on any atom is -0.299 e. The van der Waals surface area contributed by atoms with Crippen molar-refractivity contribution in [2.75, 3.05) is 0 Å². The maximum absolute atomic E-state index is 11.5. The summed E-state index contributed by atoms with van der Waals surface area (Å²) < 4.78 is 0. The first-order valence-electron chi connectivity index (χ1n) is 4.56. The predicted octanol–water partition coefficient (Wildman–Crippen LogP) is 1.97. The fourth-order valence-electron chi connectivity index (χ4n) is 1.73. The van der Waals surface area contributed by atoms with Crippen molar-refractivity contribution in [3.8, 4) is 0 Å². The minimum absolute atomic E-state index is 0.133. The van der Waals surface area contributed by atoms with Crippen molar-refractivity contribution in [3.05, 3.63) is 0 Å². The molecule has 0 aliphatic heterocycles. The van der Waals surface area contributed by atoms with E-state index >= 15 is 0 Å². The molecule has 1 rings (SSSR count). The molecule has 0 radical (unpaired) electrons. The third-order valence-corrected chi connectivity index (χ3v) is 3.12. The van der Waals surface area contributed by atoms with Gasteiger partial charge in [-0.1, -0.05) is 13.8 Å². The number of hydrogen-bond acceptors (Lipinski definition) is 2. The standard InChI is InChI=1S/C10H16O2/c1-7(2)10(3)8(11)5-4-6-9(10)12/h7H,4-6H2,1-3H3. The molecule has 12 heavy (non-hydrogen) atoms. The van der Waals surface area contributed by atoms with Crippen LogP contribution in [0.15, 0.2) is 0 Å². The second kappa shape index (κ2) is 3.00. The highest BCUT2D eigenvalue weighted by molar-refractivity contribution is 6.08. The van der Waals surface area contributed by atoms with Crippen molar-refractivity contribution in [2.45, 2.75) is 40.0 Å². The van der Waals surface area contributed by atoms with Crippen LogP contribution in [0.3, 0.4) is 0 Å². The van der Waals surface area contributed by atoms with Gasteiger partial charge < -0.3 is 0 Å². The molecule has 0 aromatic carbocycles. The molecule has 1 saturated carbocycles. The van der Waals surface area contributed by atoms with Crippen LogP contribution in [0.1, 0.15) is 40.0 Å². The van der Waals surface area contributed by atoms with Crippen molar-refractivity contribution in [2.24, 2.45) is 11.3 Å². The molecule has 1 aliphatic rings. The summed E-state index contributed by atoms with van der Waals surface area (Å²) in [6.45, 7) is 5.68. The summed E-state index contributed by atoms with van der Waals surface area (Å²) >= 11 is 0. The third kappa shape index (κ3) is 1.19. The van der Waals surface area contributed by atoms with E-state index in [0.29, 0.717) is 12.8 Å². The maximum Gasteiger partial charge on any atom is 0.146 e. The molecule has 2 nitrogen and oxygen atoms in total. The topological polar surface area (TPSA) is 34.1 Å². The quantitative estimate of drug-likeness (QED) is 0.561. The number of carbonyl (C=O) groups excluding carboxylic acids is 2. The molecule has 1 aliphatic carbocycles. The molecule has 1 fully saturated rings. The molecule has 0 heterocycles. The zero-order valence-electron chi connectivity index (χ0n) is 8.02. The number of Topliss-reactive ketones (excluding diaryl/α,β-unsaturated/α-hetero) is 2. The van der Waals surface area contributed by atoms with Gasteiger partial charge in [-0.3, -0.25) is 9.59 Å².